The van der Waals surface area contributed by atoms with Gasteiger partial charge in [-0.05, 0) is 36.5 Å². The molecule has 0 aliphatic carbocycles. The van der Waals surface area contributed by atoms with Crippen LogP contribution in [0.3, 0.4) is 0 Å². The Balaban J connectivity index is 1.45. The van der Waals surface area contributed by atoms with Gasteiger partial charge >= 0.3 is 0 Å². The van der Waals surface area contributed by atoms with Gasteiger partial charge in [-0.2, -0.15) is 0 Å². The molecule has 1 fully saturated rings. The van der Waals surface area contributed by atoms with E-state index in [0.717, 1.165) is 41.4 Å². The highest BCUT2D eigenvalue weighted by Gasteiger charge is 2.30. The predicted octanol–water partition coefficient (Wildman–Crippen LogP) is 3.83. The summed E-state index contributed by atoms with van der Waals surface area (Å²) >= 11 is 0. The van der Waals surface area contributed by atoms with Crippen molar-refractivity contribution in [2.24, 2.45) is 0 Å². The van der Waals surface area contributed by atoms with Crippen LogP contribution in [0.4, 0.5) is 0 Å². The lowest BCUT2D eigenvalue weighted by Gasteiger charge is -2.27. The van der Waals surface area contributed by atoms with Gasteiger partial charge in [0.1, 0.15) is 0 Å². The molecule has 2 aromatic carbocycles. The van der Waals surface area contributed by atoms with Crippen LogP contribution in [0, 0.1) is 0 Å². The lowest BCUT2D eigenvalue weighted by molar-refractivity contribution is -0.131. The monoisotopic (exact) mass is 348 g/mol. The van der Waals surface area contributed by atoms with Crippen LogP contribution < -0.4 is 0 Å². The maximum Gasteiger partial charge on any atom is 0.227 e. The summed E-state index contributed by atoms with van der Waals surface area (Å²) in [5, 5.41) is 11.6. The van der Waals surface area contributed by atoms with Crippen molar-refractivity contribution in [3.05, 3.63) is 71.9 Å². The van der Waals surface area contributed by atoms with Crippen LogP contribution in [0.1, 0.15) is 36.5 Å². The minimum atomic E-state index is -0.525. The summed E-state index contributed by atoms with van der Waals surface area (Å²) in [7, 11) is 0. The molecule has 4 heteroatoms. The van der Waals surface area contributed by atoms with Gasteiger partial charge in [0.2, 0.25) is 5.91 Å². The number of aliphatic hydroxyl groups is 1. The maximum absolute atomic E-state index is 12.9. The van der Waals surface area contributed by atoms with E-state index in [9.17, 15) is 9.90 Å². The van der Waals surface area contributed by atoms with E-state index < -0.39 is 6.10 Å². The van der Waals surface area contributed by atoms with Gasteiger partial charge in [0.25, 0.3) is 0 Å². The van der Waals surface area contributed by atoms with Gasteiger partial charge in [-0.1, -0.05) is 48.5 Å². The number of nitrogens with one attached hydrogen (secondary N) is 1. The van der Waals surface area contributed by atoms with E-state index in [2.05, 4.69) is 11.1 Å². The molecular weight excluding hydrogens is 324 g/mol. The van der Waals surface area contributed by atoms with Gasteiger partial charge in [-0.3, -0.25) is 4.79 Å². The molecule has 2 unspecified atom stereocenters. The average Bonchev–Trinajstić information content (AvgIpc) is 3.30. The van der Waals surface area contributed by atoms with Crippen LogP contribution in [0.2, 0.25) is 0 Å². The Morgan fingerprint density at radius 1 is 1.15 bits per heavy atom. The topological polar surface area (TPSA) is 56.3 Å². The molecule has 2 N–H and O–H groups in total. The second kappa shape index (κ2) is 7.34. The zero-order valence-corrected chi connectivity index (χ0v) is 14.8. The molecule has 1 amide bonds. The molecule has 0 saturated carbocycles. The Labute approximate surface area is 153 Å². The fourth-order valence-corrected chi connectivity index (χ4v) is 4.02. The number of aromatic amines is 1. The number of benzene rings is 2. The molecule has 4 nitrogen and oxygen atoms in total. The first kappa shape index (κ1) is 16.9. The molecule has 4 rings (SSSR count). The van der Waals surface area contributed by atoms with E-state index in [-0.39, 0.29) is 11.9 Å². The lowest BCUT2D eigenvalue weighted by atomic mass is 10.00. The van der Waals surface area contributed by atoms with Gasteiger partial charge in [-0.15, -0.1) is 0 Å². The molecule has 1 saturated heterocycles. The number of carbonyl (C=O) groups is 1. The molecule has 0 spiro atoms. The summed E-state index contributed by atoms with van der Waals surface area (Å²) in [4.78, 5) is 18.1. The van der Waals surface area contributed by atoms with Crippen molar-refractivity contribution in [3.63, 3.8) is 0 Å². The second-order valence-corrected chi connectivity index (χ2v) is 7.08. The molecule has 0 radical (unpaired) electrons. The summed E-state index contributed by atoms with van der Waals surface area (Å²) in [6, 6.07) is 17.9. The Kier molecular flexibility index (Phi) is 4.76. The van der Waals surface area contributed by atoms with Gasteiger partial charge < -0.3 is 15.0 Å². The maximum atomic E-state index is 12.9. The van der Waals surface area contributed by atoms with E-state index >= 15 is 0 Å². The van der Waals surface area contributed by atoms with E-state index in [1.807, 2.05) is 59.6 Å². The van der Waals surface area contributed by atoms with Crippen molar-refractivity contribution in [3.8, 4) is 0 Å². The first-order valence-electron chi connectivity index (χ1n) is 9.30. The number of aromatic nitrogens is 1. The number of para-hydroxylation sites is 1. The fourth-order valence-electron chi connectivity index (χ4n) is 4.02. The number of carbonyl (C=O) groups excluding carboxylic acids is 1. The first-order chi connectivity index (χ1) is 12.7. The van der Waals surface area contributed by atoms with Gasteiger partial charge in [-0.25, -0.2) is 0 Å². The third-order valence-corrected chi connectivity index (χ3v) is 5.39. The summed E-state index contributed by atoms with van der Waals surface area (Å²) in [5.41, 5.74) is 3.02. The van der Waals surface area contributed by atoms with Gasteiger partial charge in [0.15, 0.2) is 0 Å². The Bertz CT molecular complexity index is 887. The minimum absolute atomic E-state index is 0.114. The number of aliphatic hydroxyl groups excluding tert-OH is 1. The summed E-state index contributed by atoms with van der Waals surface area (Å²) in [6.07, 6.45) is 4.38. The Hall–Kier alpha value is -2.59. The number of H-pyrrole nitrogens is 1. The number of rotatable bonds is 5. The molecule has 2 heterocycles. The third kappa shape index (κ3) is 3.37. The summed E-state index contributed by atoms with van der Waals surface area (Å²) in [6.45, 7) is 0.785. The normalized spacial score (nSPS) is 18.3. The number of fused-ring (bicyclic) bond motifs is 1. The largest absolute Gasteiger partial charge is 0.388 e. The smallest absolute Gasteiger partial charge is 0.227 e. The molecular formula is C22H24N2O2. The molecule has 1 aliphatic heterocycles. The van der Waals surface area contributed by atoms with Crippen LogP contribution in [0.5, 0.6) is 0 Å². The first-order valence-corrected chi connectivity index (χ1v) is 9.30. The van der Waals surface area contributed by atoms with Crippen molar-refractivity contribution >= 4 is 16.8 Å². The van der Waals surface area contributed by atoms with E-state index in [4.69, 9.17) is 0 Å². The van der Waals surface area contributed by atoms with Crippen molar-refractivity contribution in [2.45, 2.75) is 37.8 Å². The summed E-state index contributed by atoms with van der Waals surface area (Å²) in [5.74, 6) is 0.150. The van der Waals surface area contributed by atoms with E-state index in [1.165, 1.54) is 0 Å². The predicted molar refractivity (Wildman–Crippen MR) is 103 cm³/mol. The number of hydrogen-bond donors (Lipinski definition) is 2. The molecule has 1 aromatic heterocycles. The van der Waals surface area contributed by atoms with Crippen molar-refractivity contribution in [1.29, 1.82) is 0 Å². The van der Waals surface area contributed by atoms with Crippen LogP contribution in [-0.2, 0) is 11.2 Å². The second-order valence-electron chi connectivity index (χ2n) is 7.08. The van der Waals surface area contributed by atoms with Crippen LogP contribution in [0.25, 0.3) is 10.9 Å². The van der Waals surface area contributed by atoms with Crippen molar-refractivity contribution in [1.82, 2.24) is 9.88 Å². The van der Waals surface area contributed by atoms with Gasteiger partial charge in [0, 0.05) is 29.7 Å². The highest BCUT2D eigenvalue weighted by Crippen LogP contribution is 2.28. The standard InChI is InChI=1S/C22H24N2O2/c25-21(16-7-2-1-3-8-16)14-18-9-6-12-24(18)22(26)13-17-15-23-20-11-5-4-10-19(17)20/h1-5,7-8,10-11,15,18,21,23,25H,6,9,12-14H2. The van der Waals surface area contributed by atoms with Crippen LogP contribution in [-0.4, -0.2) is 33.5 Å². The summed E-state index contributed by atoms with van der Waals surface area (Å²) < 4.78 is 0. The molecule has 0 bridgehead atoms. The molecule has 1 aliphatic rings. The van der Waals surface area contributed by atoms with Gasteiger partial charge in [0.05, 0.1) is 12.5 Å². The van der Waals surface area contributed by atoms with E-state index in [1.54, 1.807) is 0 Å². The molecule has 134 valence electrons. The van der Waals surface area contributed by atoms with E-state index in [0.29, 0.717) is 12.8 Å². The highest BCUT2D eigenvalue weighted by molar-refractivity contribution is 5.89. The molecule has 26 heavy (non-hydrogen) atoms. The average molecular weight is 348 g/mol. The van der Waals surface area contributed by atoms with Crippen LogP contribution >= 0.6 is 0 Å². The fraction of sp³-hybridized carbons (Fsp3) is 0.318. The highest BCUT2D eigenvalue weighted by atomic mass is 16.3. The quantitative estimate of drug-likeness (QED) is 0.736. The number of nitrogens with zero attached hydrogens (tertiary/aromatic N) is 1. The number of hydrogen-bond acceptors (Lipinski definition) is 2. The van der Waals surface area contributed by atoms with Crippen molar-refractivity contribution < 1.29 is 9.90 Å². The molecule has 2 atom stereocenters. The Morgan fingerprint density at radius 3 is 2.77 bits per heavy atom. The zero-order chi connectivity index (χ0) is 17.9. The molecule has 3 aromatic rings. The third-order valence-electron chi connectivity index (χ3n) is 5.39. The zero-order valence-electron chi connectivity index (χ0n) is 14.8. The number of amides is 1. The minimum Gasteiger partial charge on any atom is -0.388 e. The van der Waals surface area contributed by atoms with Crippen molar-refractivity contribution in [2.75, 3.05) is 6.54 Å². The number of likely N-dealkylation sites (tertiary alicyclic amines) is 1. The Morgan fingerprint density at radius 2 is 1.92 bits per heavy atom. The SMILES string of the molecule is O=C(Cc1c[nH]c2ccccc12)N1CCCC1CC(O)c1ccccc1. The van der Waals surface area contributed by atoms with Crippen LogP contribution in [0.15, 0.2) is 60.8 Å². The lowest BCUT2D eigenvalue weighted by Crippen LogP contribution is -2.37.